The van der Waals surface area contributed by atoms with E-state index >= 15 is 0 Å². The van der Waals surface area contributed by atoms with Crippen LogP contribution in [0.15, 0.2) is 30.3 Å². The van der Waals surface area contributed by atoms with Crippen LogP contribution in [0, 0.1) is 0 Å². The zero-order valence-electron chi connectivity index (χ0n) is 16.1. The van der Waals surface area contributed by atoms with Gasteiger partial charge >= 0.3 is 19.8 Å². The molecule has 0 aromatic heterocycles. The molecule has 0 aliphatic carbocycles. The van der Waals surface area contributed by atoms with Gasteiger partial charge in [0.1, 0.15) is 6.61 Å². The molecule has 0 spiro atoms. The lowest BCUT2D eigenvalue weighted by atomic mass is 10.2. The Balaban J connectivity index is 2.06. The molecule has 12 heteroatoms. The zero-order valence-corrected chi connectivity index (χ0v) is 17.0. The van der Waals surface area contributed by atoms with Gasteiger partial charge in [-0.05, 0) is 5.56 Å². The first-order valence-corrected chi connectivity index (χ1v) is 10.4. The molecule has 1 aliphatic rings. The third-order valence-electron chi connectivity index (χ3n) is 4.39. The van der Waals surface area contributed by atoms with E-state index in [1.807, 2.05) is 6.07 Å². The lowest BCUT2D eigenvalue weighted by Gasteiger charge is -2.36. The molecule has 1 saturated heterocycles. The van der Waals surface area contributed by atoms with Gasteiger partial charge in [-0.3, -0.25) is 14.7 Å². The predicted molar refractivity (Wildman–Crippen MR) is 101 cm³/mol. The number of hydrogen-bond acceptors (Lipinski definition) is 7. The largest absolute Gasteiger partial charge is 0.465 e. The van der Waals surface area contributed by atoms with E-state index in [2.05, 4.69) is 5.32 Å². The quantitative estimate of drug-likeness (QED) is 0.624. The summed E-state index contributed by atoms with van der Waals surface area (Å²) in [5, 5.41) is 11.3. The molecule has 3 amide bonds. The highest BCUT2D eigenvalue weighted by Gasteiger charge is 2.44. The lowest BCUT2D eigenvalue weighted by molar-refractivity contribution is -0.133. The maximum atomic E-state index is 12.9. The van der Waals surface area contributed by atoms with E-state index in [1.54, 1.807) is 24.3 Å². The summed E-state index contributed by atoms with van der Waals surface area (Å²) in [6, 6.07) is 8.89. The van der Waals surface area contributed by atoms with Gasteiger partial charge in [-0.2, -0.15) is 0 Å². The van der Waals surface area contributed by atoms with Gasteiger partial charge in [0.25, 0.3) is 5.91 Å². The molecule has 0 radical (unpaired) electrons. The molecule has 160 valence electrons. The van der Waals surface area contributed by atoms with Crippen molar-refractivity contribution in [3.05, 3.63) is 35.9 Å². The van der Waals surface area contributed by atoms with Gasteiger partial charge in [0, 0.05) is 40.4 Å². The number of carboxylic acid groups (broad SMARTS) is 1. The topological polar surface area (TPSA) is 135 Å². The van der Waals surface area contributed by atoms with Gasteiger partial charge in [-0.1, -0.05) is 30.3 Å². The molecule has 1 fully saturated rings. The van der Waals surface area contributed by atoms with Crippen molar-refractivity contribution in [2.45, 2.75) is 12.4 Å². The van der Waals surface area contributed by atoms with Gasteiger partial charge in [-0.25, -0.2) is 9.59 Å². The normalized spacial score (nSPS) is 15.5. The Morgan fingerprint density at radius 1 is 1.07 bits per heavy atom. The summed E-state index contributed by atoms with van der Waals surface area (Å²) in [6.07, 6.45) is -2.05. The monoisotopic (exact) mass is 429 g/mol. The Bertz CT molecular complexity index is 759. The molecule has 2 N–H and O–H groups in total. The van der Waals surface area contributed by atoms with Crippen LogP contribution >= 0.6 is 7.60 Å². The Morgan fingerprint density at radius 2 is 1.62 bits per heavy atom. The average Bonchev–Trinajstić information content (AvgIpc) is 2.75. The van der Waals surface area contributed by atoms with E-state index in [9.17, 15) is 18.9 Å². The fraction of sp³-hybridized carbons (Fsp3) is 0.471. The molecule has 2 rings (SSSR count). The van der Waals surface area contributed by atoms with Crippen LogP contribution in [-0.2, 0) is 29.8 Å². The molecule has 1 unspecified atom stereocenters. The van der Waals surface area contributed by atoms with Crippen LogP contribution in [0.4, 0.5) is 9.59 Å². The summed E-state index contributed by atoms with van der Waals surface area (Å²) in [6.45, 7) is 0.299. The van der Waals surface area contributed by atoms with Crippen molar-refractivity contribution in [3.63, 3.8) is 0 Å². The van der Waals surface area contributed by atoms with Gasteiger partial charge in [-0.15, -0.1) is 0 Å². The molecule has 11 nitrogen and oxygen atoms in total. The highest BCUT2D eigenvalue weighted by Crippen LogP contribution is 2.51. The number of alkyl carbamates (subject to hydrolysis) is 1. The summed E-state index contributed by atoms with van der Waals surface area (Å²) in [5.41, 5.74) is 0.733. The maximum absolute atomic E-state index is 12.9. The van der Waals surface area contributed by atoms with Gasteiger partial charge in [0.05, 0.1) is 0 Å². The second-order valence-corrected chi connectivity index (χ2v) is 8.43. The number of carbonyl (C=O) groups is 3. The first kappa shape index (κ1) is 22.7. The van der Waals surface area contributed by atoms with Gasteiger partial charge in [0.15, 0.2) is 0 Å². The van der Waals surface area contributed by atoms with E-state index in [0.29, 0.717) is 0 Å². The molecule has 0 bridgehead atoms. The van der Waals surface area contributed by atoms with Crippen molar-refractivity contribution in [1.29, 1.82) is 0 Å². The molecule has 29 heavy (non-hydrogen) atoms. The van der Waals surface area contributed by atoms with Crippen LogP contribution in [-0.4, -0.2) is 79.2 Å². The summed E-state index contributed by atoms with van der Waals surface area (Å²) in [5.74, 6) is -2.34. The number of benzene rings is 1. The molecular formula is C17H24N3O8P. The van der Waals surface area contributed by atoms with E-state index in [1.165, 1.54) is 4.90 Å². The number of ether oxygens (including phenoxy) is 1. The molecule has 1 atom stereocenters. The maximum Gasteiger partial charge on any atom is 0.408 e. The number of nitrogens with one attached hydrogen (secondary N) is 1. The number of hydrogen-bond donors (Lipinski definition) is 2. The first-order chi connectivity index (χ1) is 13.8. The van der Waals surface area contributed by atoms with Crippen molar-refractivity contribution in [3.8, 4) is 0 Å². The first-order valence-electron chi connectivity index (χ1n) is 8.75. The van der Waals surface area contributed by atoms with Crippen LogP contribution in [0.5, 0.6) is 0 Å². The summed E-state index contributed by atoms with van der Waals surface area (Å²) in [7, 11) is -1.83. The second kappa shape index (κ2) is 10.2. The SMILES string of the molecule is COP(=O)(OC)C(NC(=O)OCc1ccccc1)C(=O)N1CCN(C(=O)O)CC1. The second-order valence-electron chi connectivity index (χ2n) is 6.11. The van der Waals surface area contributed by atoms with Crippen LogP contribution in [0.3, 0.4) is 0 Å². The number of rotatable bonds is 7. The minimum atomic E-state index is -4.03. The van der Waals surface area contributed by atoms with E-state index in [0.717, 1.165) is 24.7 Å². The minimum Gasteiger partial charge on any atom is -0.465 e. The van der Waals surface area contributed by atoms with Crippen LogP contribution in [0.25, 0.3) is 0 Å². The fourth-order valence-electron chi connectivity index (χ4n) is 2.73. The van der Waals surface area contributed by atoms with Crippen LogP contribution in [0.1, 0.15) is 5.56 Å². The highest BCUT2D eigenvalue weighted by atomic mass is 31.2. The summed E-state index contributed by atoms with van der Waals surface area (Å²) in [4.78, 5) is 38.6. The third kappa shape index (κ3) is 5.93. The molecule has 1 aliphatic heterocycles. The number of nitrogens with zero attached hydrogens (tertiary/aromatic N) is 2. The van der Waals surface area contributed by atoms with Crippen molar-refractivity contribution in [2.24, 2.45) is 0 Å². The number of amides is 3. The van der Waals surface area contributed by atoms with Crippen LogP contribution in [0.2, 0.25) is 0 Å². The Hall–Kier alpha value is -2.62. The van der Waals surface area contributed by atoms with Crippen molar-refractivity contribution in [2.75, 3.05) is 40.4 Å². The van der Waals surface area contributed by atoms with Crippen molar-refractivity contribution < 1.29 is 37.8 Å². The lowest BCUT2D eigenvalue weighted by Crippen LogP contribution is -2.55. The summed E-state index contributed by atoms with van der Waals surface area (Å²) < 4.78 is 27.7. The van der Waals surface area contributed by atoms with Crippen molar-refractivity contribution in [1.82, 2.24) is 15.1 Å². The zero-order chi connectivity index (χ0) is 21.4. The van der Waals surface area contributed by atoms with E-state index in [-0.39, 0.29) is 32.8 Å². The predicted octanol–water partition coefficient (Wildman–Crippen LogP) is 1.55. The van der Waals surface area contributed by atoms with E-state index < -0.39 is 31.5 Å². The molecule has 1 aromatic rings. The van der Waals surface area contributed by atoms with Crippen LogP contribution < -0.4 is 5.32 Å². The third-order valence-corrected chi connectivity index (χ3v) is 6.39. The molecule has 1 aromatic carbocycles. The molecule has 0 saturated carbocycles. The Labute approximate surface area is 168 Å². The van der Waals surface area contributed by atoms with Gasteiger partial charge < -0.3 is 28.7 Å². The smallest absolute Gasteiger partial charge is 0.408 e. The van der Waals surface area contributed by atoms with Crippen molar-refractivity contribution >= 4 is 25.7 Å². The number of carbonyl (C=O) groups excluding carboxylic acids is 2. The Morgan fingerprint density at radius 3 is 2.14 bits per heavy atom. The van der Waals surface area contributed by atoms with Gasteiger partial charge in [0.2, 0.25) is 5.78 Å². The highest BCUT2D eigenvalue weighted by molar-refractivity contribution is 7.55. The summed E-state index contributed by atoms with van der Waals surface area (Å²) >= 11 is 0. The standard InChI is InChI=1S/C17H24N3O8P/c1-26-29(25,27-2)14(15(21)19-8-10-20(11-9-19)17(23)24)18-16(22)28-12-13-6-4-3-5-7-13/h3-7,14H,8-12H2,1-2H3,(H,18,22)(H,23,24). The minimum absolute atomic E-state index is 0.0465. The fourth-order valence-corrected chi connectivity index (χ4v) is 4.00. The number of piperazine rings is 1. The molecular weight excluding hydrogens is 405 g/mol. The average molecular weight is 429 g/mol. The Kier molecular flexibility index (Phi) is 8.00. The van der Waals surface area contributed by atoms with E-state index in [4.69, 9.17) is 18.9 Å². The molecule has 1 heterocycles.